The molecule has 0 bridgehead atoms. The second-order valence-electron chi connectivity index (χ2n) is 4.24. The number of primary amides is 1. The van der Waals surface area contributed by atoms with Crippen LogP contribution < -0.4 is 5.73 Å². The molecule has 1 aromatic rings. The molecule has 2 N–H and O–H groups in total. The molecule has 1 aliphatic rings. The summed E-state index contributed by atoms with van der Waals surface area (Å²) in [5.41, 5.74) is 6.43. The highest BCUT2D eigenvalue weighted by molar-refractivity contribution is 5.97. The van der Waals surface area contributed by atoms with E-state index in [1.54, 1.807) is 25.3 Å². The number of nitrogens with two attached hydrogens (primary N) is 1. The fourth-order valence-electron chi connectivity index (χ4n) is 1.53. The third-order valence-corrected chi connectivity index (χ3v) is 2.91. The summed E-state index contributed by atoms with van der Waals surface area (Å²) in [6.07, 6.45) is 3.50. The molecule has 1 atom stereocenters. The summed E-state index contributed by atoms with van der Waals surface area (Å²) < 4.78 is 0. The lowest BCUT2D eigenvalue weighted by atomic mass is 10.0. The number of nitrogens with zero attached hydrogens (tertiary/aromatic N) is 1. The molecule has 1 fully saturated rings. The van der Waals surface area contributed by atoms with Crippen molar-refractivity contribution in [2.45, 2.75) is 25.7 Å². The van der Waals surface area contributed by atoms with Crippen molar-refractivity contribution in [2.24, 2.45) is 11.7 Å². The first-order valence-electron chi connectivity index (χ1n) is 5.39. The second kappa shape index (κ2) is 4.04. The van der Waals surface area contributed by atoms with Gasteiger partial charge in [0, 0.05) is 12.1 Å². The van der Waals surface area contributed by atoms with Crippen LogP contribution in [0, 0.1) is 5.92 Å². The third-order valence-electron chi connectivity index (χ3n) is 2.91. The van der Waals surface area contributed by atoms with Crippen molar-refractivity contribution >= 4 is 11.7 Å². The fourth-order valence-corrected chi connectivity index (χ4v) is 1.53. The van der Waals surface area contributed by atoms with Gasteiger partial charge in [0.15, 0.2) is 5.78 Å². The Hall–Kier alpha value is -1.71. The lowest BCUT2D eigenvalue weighted by Gasteiger charge is -2.07. The van der Waals surface area contributed by atoms with E-state index in [0.29, 0.717) is 5.69 Å². The number of carbonyl (C=O) groups excluding carboxylic acids is 2. The quantitative estimate of drug-likeness (QED) is 0.773. The number of hydrogen-bond donors (Lipinski definition) is 1. The number of aromatic nitrogens is 1. The van der Waals surface area contributed by atoms with E-state index in [1.165, 1.54) is 0 Å². The molecule has 0 aliphatic heterocycles. The summed E-state index contributed by atoms with van der Waals surface area (Å²) in [7, 11) is 0. The standard InChI is InChI=1S/C12H14N2O2/c1-7(12(13)16)9-4-5-10(14-6-9)11(15)8-2-3-8/h4-8H,2-3H2,1H3,(H2,13,16). The van der Waals surface area contributed by atoms with E-state index in [1.807, 2.05) is 0 Å². The highest BCUT2D eigenvalue weighted by atomic mass is 16.1. The topological polar surface area (TPSA) is 73.1 Å². The predicted molar refractivity (Wildman–Crippen MR) is 58.9 cm³/mol. The van der Waals surface area contributed by atoms with Gasteiger partial charge >= 0.3 is 0 Å². The maximum atomic E-state index is 11.7. The van der Waals surface area contributed by atoms with Crippen LogP contribution in [0.5, 0.6) is 0 Å². The van der Waals surface area contributed by atoms with Crippen molar-refractivity contribution in [3.05, 3.63) is 29.6 Å². The molecule has 0 spiro atoms. The average Bonchev–Trinajstić information content (AvgIpc) is 3.11. The van der Waals surface area contributed by atoms with Crippen LogP contribution in [0.3, 0.4) is 0 Å². The molecular formula is C12H14N2O2. The van der Waals surface area contributed by atoms with Crippen LogP contribution in [-0.4, -0.2) is 16.7 Å². The maximum Gasteiger partial charge on any atom is 0.224 e. The van der Waals surface area contributed by atoms with Crippen molar-refractivity contribution in [2.75, 3.05) is 0 Å². The van der Waals surface area contributed by atoms with Crippen LogP contribution in [0.2, 0.25) is 0 Å². The number of carbonyl (C=O) groups is 2. The zero-order chi connectivity index (χ0) is 11.7. The van der Waals surface area contributed by atoms with Gasteiger partial charge in [0.2, 0.25) is 5.91 Å². The van der Waals surface area contributed by atoms with Crippen molar-refractivity contribution < 1.29 is 9.59 Å². The zero-order valence-electron chi connectivity index (χ0n) is 9.14. The van der Waals surface area contributed by atoms with E-state index in [-0.39, 0.29) is 23.5 Å². The molecule has 0 saturated heterocycles. The van der Waals surface area contributed by atoms with Gasteiger partial charge in [-0.3, -0.25) is 14.6 Å². The first-order chi connectivity index (χ1) is 7.59. The minimum Gasteiger partial charge on any atom is -0.369 e. The van der Waals surface area contributed by atoms with Gasteiger partial charge < -0.3 is 5.73 Å². The SMILES string of the molecule is CC(C(N)=O)c1ccc(C(=O)C2CC2)nc1. The molecule has 1 aliphatic carbocycles. The van der Waals surface area contributed by atoms with Gasteiger partial charge in [-0.1, -0.05) is 6.07 Å². The third kappa shape index (κ3) is 2.10. The van der Waals surface area contributed by atoms with E-state index in [4.69, 9.17) is 5.73 Å². The molecular weight excluding hydrogens is 204 g/mol. The van der Waals surface area contributed by atoms with Crippen LogP contribution in [0.4, 0.5) is 0 Å². The Kier molecular flexibility index (Phi) is 2.73. The van der Waals surface area contributed by atoms with E-state index < -0.39 is 0 Å². The summed E-state index contributed by atoms with van der Waals surface area (Å²) in [5.74, 6) is -0.467. The maximum absolute atomic E-state index is 11.7. The number of Topliss-reactive ketones (excluding diaryl/α,β-unsaturated/α-hetero) is 1. The number of hydrogen-bond acceptors (Lipinski definition) is 3. The average molecular weight is 218 g/mol. The lowest BCUT2D eigenvalue weighted by Crippen LogP contribution is -2.19. The first-order valence-corrected chi connectivity index (χ1v) is 5.39. The molecule has 1 amide bonds. The summed E-state index contributed by atoms with van der Waals surface area (Å²) >= 11 is 0. The van der Waals surface area contributed by atoms with Gasteiger partial charge in [-0.2, -0.15) is 0 Å². The molecule has 1 aromatic heterocycles. The Labute approximate surface area is 93.9 Å². The van der Waals surface area contributed by atoms with Gasteiger partial charge in [-0.05, 0) is 31.4 Å². The lowest BCUT2D eigenvalue weighted by molar-refractivity contribution is -0.119. The summed E-state index contributed by atoms with van der Waals surface area (Å²) in [5, 5.41) is 0. The van der Waals surface area contributed by atoms with Crippen LogP contribution in [0.1, 0.15) is 41.7 Å². The molecule has 4 nitrogen and oxygen atoms in total. The molecule has 16 heavy (non-hydrogen) atoms. The largest absolute Gasteiger partial charge is 0.369 e. The monoisotopic (exact) mass is 218 g/mol. The normalized spacial score (nSPS) is 16.8. The van der Waals surface area contributed by atoms with Gasteiger partial charge in [0.25, 0.3) is 0 Å². The highest BCUT2D eigenvalue weighted by Crippen LogP contribution is 2.32. The van der Waals surface area contributed by atoms with Crippen molar-refractivity contribution in [1.29, 1.82) is 0 Å². The Balaban J connectivity index is 2.15. The smallest absolute Gasteiger partial charge is 0.224 e. The number of pyridine rings is 1. The van der Waals surface area contributed by atoms with Gasteiger partial charge in [-0.25, -0.2) is 0 Å². The minimum absolute atomic E-state index is 0.110. The molecule has 0 radical (unpaired) electrons. The van der Waals surface area contributed by atoms with Crippen LogP contribution in [0.15, 0.2) is 18.3 Å². The Morgan fingerprint density at radius 1 is 1.44 bits per heavy atom. The molecule has 1 unspecified atom stereocenters. The number of amides is 1. The number of rotatable bonds is 4. The molecule has 4 heteroatoms. The van der Waals surface area contributed by atoms with E-state index in [2.05, 4.69) is 4.98 Å². The molecule has 84 valence electrons. The Bertz CT molecular complexity index is 421. The van der Waals surface area contributed by atoms with Crippen molar-refractivity contribution in [3.8, 4) is 0 Å². The highest BCUT2D eigenvalue weighted by Gasteiger charge is 2.31. The van der Waals surface area contributed by atoms with Crippen molar-refractivity contribution in [3.63, 3.8) is 0 Å². The van der Waals surface area contributed by atoms with E-state index in [0.717, 1.165) is 18.4 Å². The second-order valence-corrected chi connectivity index (χ2v) is 4.24. The van der Waals surface area contributed by atoms with Crippen LogP contribution in [0.25, 0.3) is 0 Å². The molecule has 1 saturated carbocycles. The van der Waals surface area contributed by atoms with Gasteiger partial charge in [0.1, 0.15) is 5.69 Å². The first kappa shape index (κ1) is 10.8. The van der Waals surface area contributed by atoms with Crippen molar-refractivity contribution in [1.82, 2.24) is 4.98 Å². The Morgan fingerprint density at radius 3 is 2.56 bits per heavy atom. The minimum atomic E-state index is -0.386. The van der Waals surface area contributed by atoms with E-state index >= 15 is 0 Å². The fraction of sp³-hybridized carbons (Fsp3) is 0.417. The molecule has 2 rings (SSSR count). The van der Waals surface area contributed by atoms with Crippen LogP contribution in [-0.2, 0) is 4.79 Å². The van der Waals surface area contributed by atoms with Gasteiger partial charge in [0.05, 0.1) is 5.92 Å². The summed E-state index contributed by atoms with van der Waals surface area (Å²) in [6.45, 7) is 1.72. The zero-order valence-corrected chi connectivity index (χ0v) is 9.14. The number of ketones is 1. The van der Waals surface area contributed by atoms with Crippen LogP contribution >= 0.6 is 0 Å². The summed E-state index contributed by atoms with van der Waals surface area (Å²) in [4.78, 5) is 26.7. The predicted octanol–water partition coefficient (Wildman–Crippen LogP) is 1.26. The Morgan fingerprint density at radius 2 is 2.12 bits per heavy atom. The summed E-state index contributed by atoms with van der Waals surface area (Å²) in [6, 6.07) is 3.42. The van der Waals surface area contributed by atoms with E-state index in [9.17, 15) is 9.59 Å². The van der Waals surface area contributed by atoms with Gasteiger partial charge in [-0.15, -0.1) is 0 Å². The molecule has 0 aromatic carbocycles. The molecule has 1 heterocycles.